The number of nitro groups is 1. The minimum atomic E-state index is -0.557. The zero-order chi connectivity index (χ0) is 19.6. The number of non-ortho nitro benzene ring substituents is 1. The van der Waals surface area contributed by atoms with Gasteiger partial charge in [-0.05, 0) is 39.7 Å². The van der Waals surface area contributed by atoms with Crippen molar-refractivity contribution < 1.29 is 9.72 Å². The number of carbonyl (C=O) groups is 1. The van der Waals surface area contributed by atoms with E-state index in [2.05, 4.69) is 26.3 Å². The molecule has 0 spiro atoms. The molecule has 0 aliphatic rings. The maximum absolute atomic E-state index is 12.4. The van der Waals surface area contributed by atoms with Crippen molar-refractivity contribution in [2.45, 2.75) is 6.54 Å². The van der Waals surface area contributed by atoms with E-state index in [1.54, 1.807) is 23.0 Å². The summed E-state index contributed by atoms with van der Waals surface area (Å²) in [6.45, 7) is 0.419. The third-order valence-corrected chi connectivity index (χ3v) is 4.92. The summed E-state index contributed by atoms with van der Waals surface area (Å²) in [5, 5.41) is 18.7. The molecule has 1 aromatic heterocycles. The van der Waals surface area contributed by atoms with Crippen molar-refractivity contribution in [3.63, 3.8) is 0 Å². The van der Waals surface area contributed by atoms with Crippen molar-refractivity contribution in [1.82, 2.24) is 9.78 Å². The van der Waals surface area contributed by atoms with Crippen LogP contribution < -0.4 is 5.32 Å². The van der Waals surface area contributed by atoms with Gasteiger partial charge in [0.25, 0.3) is 11.6 Å². The molecule has 10 heteroatoms. The van der Waals surface area contributed by atoms with Gasteiger partial charge in [-0.1, -0.05) is 35.3 Å². The van der Waals surface area contributed by atoms with Crippen molar-refractivity contribution in [3.05, 3.63) is 84.4 Å². The number of benzene rings is 2. The van der Waals surface area contributed by atoms with Crippen molar-refractivity contribution in [2.24, 2.45) is 0 Å². The molecule has 0 aliphatic carbocycles. The number of carbonyl (C=O) groups excluding carboxylic acids is 1. The van der Waals surface area contributed by atoms with Crippen LogP contribution in [0, 0.1) is 10.1 Å². The number of nitrogens with zero attached hydrogens (tertiary/aromatic N) is 3. The normalized spacial score (nSPS) is 10.6. The molecule has 138 valence electrons. The van der Waals surface area contributed by atoms with E-state index in [9.17, 15) is 14.9 Å². The van der Waals surface area contributed by atoms with Gasteiger partial charge in [0.2, 0.25) is 0 Å². The number of hydrogen-bond acceptors (Lipinski definition) is 4. The first-order valence-electron chi connectivity index (χ1n) is 7.56. The van der Waals surface area contributed by atoms with Gasteiger partial charge < -0.3 is 5.32 Å². The maximum Gasteiger partial charge on any atom is 0.270 e. The summed E-state index contributed by atoms with van der Waals surface area (Å²) in [5.74, 6) is -0.203. The van der Waals surface area contributed by atoms with E-state index < -0.39 is 10.8 Å². The molecular formula is C17H11BrCl2N4O3. The number of halogens is 3. The lowest BCUT2D eigenvalue weighted by atomic mass is 10.2. The molecule has 27 heavy (non-hydrogen) atoms. The van der Waals surface area contributed by atoms with E-state index in [1.165, 1.54) is 24.3 Å². The van der Waals surface area contributed by atoms with Gasteiger partial charge in [0, 0.05) is 23.9 Å². The fraction of sp³-hybridized carbons (Fsp3) is 0.0588. The lowest BCUT2D eigenvalue weighted by Gasteiger charge is -2.04. The van der Waals surface area contributed by atoms with Gasteiger partial charge in [-0.25, -0.2) is 0 Å². The van der Waals surface area contributed by atoms with Crippen LogP contribution in [-0.2, 0) is 6.54 Å². The molecule has 3 aromatic rings. The molecule has 1 amide bonds. The zero-order valence-electron chi connectivity index (χ0n) is 13.5. The van der Waals surface area contributed by atoms with Crippen LogP contribution in [0.3, 0.4) is 0 Å². The Morgan fingerprint density at radius 2 is 2.00 bits per heavy atom. The minimum Gasteiger partial charge on any atom is -0.304 e. The Hall–Kier alpha value is -2.42. The monoisotopic (exact) mass is 468 g/mol. The standard InChI is InChI=1S/C17H11BrCl2N4O3/c18-13-9-23(8-10-4-5-14(19)15(20)6-10)22-16(13)21-17(25)11-2-1-3-12(7-11)24(26)27/h1-7,9H,8H2,(H,21,22,25). The third kappa shape index (κ3) is 4.65. The lowest BCUT2D eigenvalue weighted by Crippen LogP contribution is -2.13. The summed E-state index contributed by atoms with van der Waals surface area (Å²) in [7, 11) is 0. The number of nitro benzene ring substituents is 1. The van der Waals surface area contributed by atoms with E-state index in [0.717, 1.165) is 5.56 Å². The zero-order valence-corrected chi connectivity index (χ0v) is 16.6. The van der Waals surface area contributed by atoms with E-state index >= 15 is 0 Å². The van der Waals surface area contributed by atoms with Crippen LogP contribution in [-0.4, -0.2) is 20.6 Å². The first-order chi connectivity index (χ1) is 12.8. The van der Waals surface area contributed by atoms with Crippen LogP contribution >= 0.6 is 39.1 Å². The SMILES string of the molecule is O=C(Nc1nn(Cc2ccc(Cl)c(Cl)c2)cc1Br)c1cccc([N+](=O)[O-])c1. The second-order valence-electron chi connectivity index (χ2n) is 5.53. The maximum atomic E-state index is 12.4. The van der Waals surface area contributed by atoms with E-state index in [-0.39, 0.29) is 11.3 Å². The summed E-state index contributed by atoms with van der Waals surface area (Å²) in [6, 6.07) is 10.7. The van der Waals surface area contributed by atoms with Gasteiger partial charge >= 0.3 is 0 Å². The molecule has 0 unspecified atom stereocenters. The van der Waals surface area contributed by atoms with Crippen molar-refractivity contribution >= 4 is 56.5 Å². The molecule has 0 bridgehead atoms. The Labute approximate surface area is 172 Å². The number of hydrogen-bond donors (Lipinski definition) is 1. The van der Waals surface area contributed by atoms with E-state index in [4.69, 9.17) is 23.2 Å². The summed E-state index contributed by atoms with van der Waals surface area (Å²) < 4.78 is 2.19. The summed E-state index contributed by atoms with van der Waals surface area (Å²) >= 11 is 15.3. The highest BCUT2D eigenvalue weighted by atomic mass is 79.9. The predicted octanol–water partition coefficient (Wildman–Crippen LogP) is 5.16. The lowest BCUT2D eigenvalue weighted by molar-refractivity contribution is -0.384. The van der Waals surface area contributed by atoms with Gasteiger partial charge in [-0.3, -0.25) is 19.6 Å². The topological polar surface area (TPSA) is 90.1 Å². The van der Waals surface area contributed by atoms with E-state index in [1.807, 2.05) is 6.07 Å². The Bertz CT molecular complexity index is 1040. The van der Waals surface area contributed by atoms with Crippen molar-refractivity contribution in [1.29, 1.82) is 0 Å². The molecule has 0 atom stereocenters. The Kier molecular flexibility index (Phi) is 5.79. The Balaban J connectivity index is 1.76. The first-order valence-corrected chi connectivity index (χ1v) is 9.11. The molecule has 0 fully saturated rings. The molecule has 0 saturated heterocycles. The quantitative estimate of drug-likeness (QED) is 0.412. The Morgan fingerprint density at radius 1 is 1.22 bits per heavy atom. The molecule has 1 heterocycles. The Morgan fingerprint density at radius 3 is 2.70 bits per heavy atom. The van der Waals surface area contributed by atoms with Crippen LogP contribution in [0.1, 0.15) is 15.9 Å². The molecule has 7 nitrogen and oxygen atoms in total. The van der Waals surface area contributed by atoms with Gasteiger partial charge in [0.15, 0.2) is 5.82 Å². The van der Waals surface area contributed by atoms with Gasteiger partial charge in [-0.2, -0.15) is 5.10 Å². The third-order valence-electron chi connectivity index (χ3n) is 3.60. The summed E-state index contributed by atoms with van der Waals surface area (Å²) in [5.41, 5.74) is 0.887. The second kappa shape index (κ2) is 8.08. The molecule has 2 aromatic carbocycles. The highest BCUT2D eigenvalue weighted by Gasteiger charge is 2.15. The number of aromatic nitrogens is 2. The average molecular weight is 470 g/mol. The minimum absolute atomic E-state index is 0.160. The highest BCUT2D eigenvalue weighted by molar-refractivity contribution is 9.10. The number of nitrogens with one attached hydrogen (secondary N) is 1. The molecule has 3 rings (SSSR count). The average Bonchev–Trinajstić information content (AvgIpc) is 2.97. The molecule has 0 aliphatic heterocycles. The highest BCUT2D eigenvalue weighted by Crippen LogP contribution is 2.25. The van der Waals surface area contributed by atoms with Crippen molar-refractivity contribution in [3.8, 4) is 0 Å². The smallest absolute Gasteiger partial charge is 0.270 e. The van der Waals surface area contributed by atoms with Crippen LogP contribution in [0.2, 0.25) is 10.0 Å². The predicted molar refractivity (Wildman–Crippen MR) is 107 cm³/mol. The molecule has 0 saturated carbocycles. The summed E-state index contributed by atoms with van der Waals surface area (Å²) in [6.07, 6.45) is 1.70. The van der Waals surface area contributed by atoms with Gasteiger partial charge in [0.1, 0.15) is 0 Å². The number of amides is 1. The first kappa shape index (κ1) is 19.3. The second-order valence-corrected chi connectivity index (χ2v) is 7.20. The van der Waals surface area contributed by atoms with E-state index in [0.29, 0.717) is 26.9 Å². The molecule has 1 N–H and O–H groups in total. The fourth-order valence-corrected chi connectivity index (χ4v) is 3.06. The van der Waals surface area contributed by atoms with Gasteiger partial charge in [0.05, 0.1) is 26.0 Å². The van der Waals surface area contributed by atoms with Crippen LogP contribution in [0.25, 0.3) is 0 Å². The molecule has 0 radical (unpaired) electrons. The van der Waals surface area contributed by atoms with Crippen LogP contribution in [0.5, 0.6) is 0 Å². The number of rotatable bonds is 5. The summed E-state index contributed by atoms with van der Waals surface area (Å²) in [4.78, 5) is 22.6. The largest absolute Gasteiger partial charge is 0.304 e. The van der Waals surface area contributed by atoms with Gasteiger partial charge in [-0.15, -0.1) is 0 Å². The fourth-order valence-electron chi connectivity index (χ4n) is 2.33. The van der Waals surface area contributed by atoms with Crippen molar-refractivity contribution in [2.75, 3.05) is 5.32 Å². The van der Waals surface area contributed by atoms with Crippen LogP contribution in [0.15, 0.2) is 53.1 Å². The van der Waals surface area contributed by atoms with Crippen LogP contribution in [0.4, 0.5) is 11.5 Å². The number of anilines is 1. The molecular weight excluding hydrogens is 459 g/mol.